The fourth-order valence-electron chi connectivity index (χ4n) is 1.01. The van der Waals surface area contributed by atoms with Gasteiger partial charge in [-0.2, -0.15) is 0 Å². The van der Waals surface area contributed by atoms with Crippen LogP contribution >= 0.6 is 0 Å². The summed E-state index contributed by atoms with van der Waals surface area (Å²) in [6.07, 6.45) is -1.01. The summed E-state index contributed by atoms with van der Waals surface area (Å²) < 4.78 is 18.1. The third kappa shape index (κ3) is 3.23. The first-order valence-corrected chi connectivity index (χ1v) is 4.52. The van der Waals surface area contributed by atoms with E-state index in [1.807, 2.05) is 5.32 Å². The predicted octanol–water partition coefficient (Wildman–Crippen LogP) is 0.788. The highest BCUT2D eigenvalue weighted by Gasteiger charge is 2.17. The lowest BCUT2D eigenvalue weighted by molar-refractivity contribution is -0.126. The highest BCUT2D eigenvalue weighted by molar-refractivity contribution is 5.95. The number of urea groups is 1. The Balaban J connectivity index is 2.64. The molecule has 3 amide bonds. The van der Waals surface area contributed by atoms with Gasteiger partial charge in [-0.05, 0) is 19.1 Å². The number of halogens is 1. The standard InChI is InChI=1S/C10H11FN2O3/c1-6(9(14)13-10(12)15)16-8-5-3-2-4-7(8)11/h2-6H,1H3,(H3,12,13,14,15). The Hall–Kier alpha value is -2.11. The Labute approximate surface area is 91.4 Å². The lowest BCUT2D eigenvalue weighted by Crippen LogP contribution is -2.42. The third-order valence-corrected chi connectivity index (χ3v) is 1.76. The van der Waals surface area contributed by atoms with E-state index in [0.29, 0.717) is 0 Å². The molecule has 0 saturated carbocycles. The number of hydrogen-bond donors (Lipinski definition) is 2. The Bertz CT molecular complexity index is 409. The summed E-state index contributed by atoms with van der Waals surface area (Å²) in [5.41, 5.74) is 4.75. The summed E-state index contributed by atoms with van der Waals surface area (Å²) in [6.45, 7) is 1.38. The smallest absolute Gasteiger partial charge is 0.318 e. The van der Waals surface area contributed by atoms with Crippen molar-refractivity contribution < 1.29 is 18.7 Å². The second-order valence-corrected chi connectivity index (χ2v) is 3.04. The quantitative estimate of drug-likeness (QED) is 0.799. The monoisotopic (exact) mass is 226 g/mol. The van der Waals surface area contributed by atoms with E-state index in [2.05, 4.69) is 0 Å². The van der Waals surface area contributed by atoms with Gasteiger partial charge in [0.05, 0.1) is 0 Å². The van der Waals surface area contributed by atoms with Crippen molar-refractivity contribution in [2.45, 2.75) is 13.0 Å². The van der Waals surface area contributed by atoms with Crippen LogP contribution < -0.4 is 15.8 Å². The van der Waals surface area contributed by atoms with E-state index < -0.39 is 23.9 Å². The summed E-state index contributed by atoms with van der Waals surface area (Å²) >= 11 is 0. The van der Waals surface area contributed by atoms with Crippen molar-refractivity contribution in [2.24, 2.45) is 5.73 Å². The van der Waals surface area contributed by atoms with Gasteiger partial charge >= 0.3 is 6.03 Å². The van der Waals surface area contributed by atoms with Gasteiger partial charge in [0.2, 0.25) is 0 Å². The van der Waals surface area contributed by atoms with E-state index in [1.165, 1.54) is 25.1 Å². The molecule has 1 aromatic carbocycles. The minimum Gasteiger partial charge on any atom is -0.478 e. The minimum atomic E-state index is -1.01. The van der Waals surface area contributed by atoms with E-state index in [9.17, 15) is 14.0 Å². The molecule has 3 N–H and O–H groups in total. The molecule has 1 unspecified atom stereocenters. The first-order valence-electron chi connectivity index (χ1n) is 4.52. The Morgan fingerprint density at radius 1 is 1.44 bits per heavy atom. The average Bonchev–Trinajstić information content (AvgIpc) is 2.20. The number of para-hydroxylation sites is 1. The molecule has 1 aromatic rings. The van der Waals surface area contributed by atoms with E-state index in [4.69, 9.17) is 10.5 Å². The molecule has 5 nitrogen and oxygen atoms in total. The number of carbonyl (C=O) groups is 2. The number of nitrogens with two attached hydrogens (primary N) is 1. The molecule has 0 radical (unpaired) electrons. The number of primary amides is 1. The fourth-order valence-corrected chi connectivity index (χ4v) is 1.01. The maximum absolute atomic E-state index is 13.1. The maximum Gasteiger partial charge on any atom is 0.318 e. The molecule has 0 aliphatic carbocycles. The molecule has 0 heterocycles. The van der Waals surface area contributed by atoms with Crippen LogP contribution in [-0.4, -0.2) is 18.0 Å². The zero-order chi connectivity index (χ0) is 12.1. The molecule has 0 aliphatic heterocycles. The van der Waals surface area contributed by atoms with Crippen LogP contribution in [0.15, 0.2) is 24.3 Å². The van der Waals surface area contributed by atoms with Gasteiger partial charge in [-0.3, -0.25) is 10.1 Å². The van der Waals surface area contributed by atoms with Crippen molar-refractivity contribution in [1.82, 2.24) is 5.32 Å². The summed E-state index contributed by atoms with van der Waals surface area (Å²) in [6, 6.07) is 4.67. The zero-order valence-corrected chi connectivity index (χ0v) is 8.57. The predicted molar refractivity (Wildman–Crippen MR) is 54.2 cm³/mol. The normalized spacial score (nSPS) is 11.6. The molecule has 0 spiro atoms. The SMILES string of the molecule is CC(Oc1ccccc1F)C(=O)NC(N)=O. The maximum atomic E-state index is 13.1. The van der Waals surface area contributed by atoms with E-state index in [0.717, 1.165) is 0 Å². The molecule has 6 heteroatoms. The molecule has 0 aliphatic rings. The van der Waals surface area contributed by atoms with Crippen molar-refractivity contribution >= 4 is 11.9 Å². The first-order chi connectivity index (χ1) is 7.50. The van der Waals surface area contributed by atoms with Gasteiger partial charge in [-0.1, -0.05) is 12.1 Å². The van der Waals surface area contributed by atoms with Gasteiger partial charge in [0.1, 0.15) is 0 Å². The number of rotatable bonds is 3. The molecule has 0 aromatic heterocycles. The van der Waals surface area contributed by atoms with Crippen LogP contribution in [0.3, 0.4) is 0 Å². The van der Waals surface area contributed by atoms with E-state index >= 15 is 0 Å². The molecule has 1 atom stereocenters. The molecular weight excluding hydrogens is 215 g/mol. The van der Waals surface area contributed by atoms with Gasteiger partial charge in [0.25, 0.3) is 5.91 Å². The number of amides is 3. The molecule has 16 heavy (non-hydrogen) atoms. The van der Waals surface area contributed by atoms with Crippen molar-refractivity contribution in [2.75, 3.05) is 0 Å². The molecule has 86 valence electrons. The summed E-state index contributed by atoms with van der Waals surface area (Å²) in [5.74, 6) is -1.37. The Morgan fingerprint density at radius 3 is 2.62 bits per heavy atom. The van der Waals surface area contributed by atoms with Crippen molar-refractivity contribution in [3.05, 3.63) is 30.1 Å². The topological polar surface area (TPSA) is 81.4 Å². The van der Waals surface area contributed by atoms with Crippen LogP contribution in [-0.2, 0) is 4.79 Å². The van der Waals surface area contributed by atoms with Crippen LogP contribution in [0.5, 0.6) is 5.75 Å². The van der Waals surface area contributed by atoms with Crippen molar-refractivity contribution in [3.63, 3.8) is 0 Å². The van der Waals surface area contributed by atoms with Crippen LogP contribution in [0.1, 0.15) is 6.92 Å². The summed E-state index contributed by atoms with van der Waals surface area (Å²) in [4.78, 5) is 21.6. The van der Waals surface area contributed by atoms with Gasteiger partial charge in [0.15, 0.2) is 17.7 Å². The average molecular weight is 226 g/mol. The molecule has 0 fully saturated rings. The van der Waals surface area contributed by atoms with Gasteiger partial charge in [-0.25, -0.2) is 9.18 Å². The molecular formula is C10H11FN2O3. The first kappa shape index (κ1) is 12.0. The van der Waals surface area contributed by atoms with Gasteiger partial charge < -0.3 is 10.5 Å². The van der Waals surface area contributed by atoms with Crippen molar-refractivity contribution in [3.8, 4) is 5.75 Å². The Kier molecular flexibility index (Phi) is 3.82. The van der Waals surface area contributed by atoms with Gasteiger partial charge in [-0.15, -0.1) is 0 Å². The second-order valence-electron chi connectivity index (χ2n) is 3.04. The lowest BCUT2D eigenvalue weighted by Gasteiger charge is -2.13. The number of ether oxygens (including phenoxy) is 1. The van der Waals surface area contributed by atoms with Crippen LogP contribution in [0.4, 0.5) is 9.18 Å². The summed E-state index contributed by atoms with van der Waals surface area (Å²) in [7, 11) is 0. The second kappa shape index (κ2) is 5.11. The fraction of sp³-hybridized carbons (Fsp3) is 0.200. The third-order valence-electron chi connectivity index (χ3n) is 1.76. The minimum absolute atomic E-state index is 0.0605. The molecule has 1 rings (SSSR count). The molecule has 0 bridgehead atoms. The highest BCUT2D eigenvalue weighted by Crippen LogP contribution is 2.16. The van der Waals surface area contributed by atoms with Crippen LogP contribution in [0, 0.1) is 5.82 Å². The summed E-state index contributed by atoms with van der Waals surface area (Å²) in [5, 5.41) is 1.83. The van der Waals surface area contributed by atoms with Crippen LogP contribution in [0.25, 0.3) is 0 Å². The van der Waals surface area contributed by atoms with Crippen LogP contribution in [0.2, 0.25) is 0 Å². The largest absolute Gasteiger partial charge is 0.478 e. The number of nitrogens with one attached hydrogen (secondary N) is 1. The van der Waals surface area contributed by atoms with Gasteiger partial charge in [0, 0.05) is 0 Å². The number of hydrogen-bond acceptors (Lipinski definition) is 3. The van der Waals surface area contributed by atoms with E-state index in [-0.39, 0.29) is 5.75 Å². The lowest BCUT2D eigenvalue weighted by atomic mass is 10.3. The number of benzene rings is 1. The number of carbonyl (C=O) groups excluding carboxylic acids is 2. The van der Waals surface area contributed by atoms with Crippen molar-refractivity contribution in [1.29, 1.82) is 0 Å². The molecule has 0 saturated heterocycles. The zero-order valence-electron chi connectivity index (χ0n) is 8.57. The number of imide groups is 1. The Morgan fingerprint density at radius 2 is 2.06 bits per heavy atom. The highest BCUT2D eigenvalue weighted by atomic mass is 19.1. The van der Waals surface area contributed by atoms with E-state index in [1.54, 1.807) is 6.07 Å².